The Balaban J connectivity index is 1.53. The van der Waals surface area contributed by atoms with Crippen molar-refractivity contribution in [2.45, 2.75) is 39.7 Å². The summed E-state index contributed by atoms with van der Waals surface area (Å²) in [5.41, 5.74) is 3.43. The predicted molar refractivity (Wildman–Crippen MR) is 100 cm³/mol. The van der Waals surface area contributed by atoms with Crippen molar-refractivity contribution < 1.29 is 19.4 Å². The third-order valence-corrected chi connectivity index (χ3v) is 4.98. The van der Waals surface area contributed by atoms with Gasteiger partial charge in [0, 0.05) is 19.3 Å². The summed E-state index contributed by atoms with van der Waals surface area (Å²) < 4.78 is 7.50. The van der Waals surface area contributed by atoms with Crippen LogP contribution in [0.25, 0.3) is 0 Å². The molecule has 0 unspecified atom stereocenters. The Morgan fingerprint density at radius 3 is 2.37 bits per heavy atom. The van der Waals surface area contributed by atoms with Gasteiger partial charge in [0.05, 0.1) is 17.8 Å². The number of nitrogens with zero attached hydrogens (tertiary/aromatic N) is 3. The van der Waals surface area contributed by atoms with E-state index in [1.54, 1.807) is 15.8 Å². The molecule has 7 nitrogen and oxygen atoms in total. The number of carboxylic acid groups (broad SMARTS) is 1. The molecule has 0 radical (unpaired) electrons. The van der Waals surface area contributed by atoms with Crippen molar-refractivity contribution in [2.75, 3.05) is 19.7 Å². The molecule has 1 fully saturated rings. The molecule has 0 bridgehead atoms. The molecule has 1 aromatic carbocycles. The lowest BCUT2D eigenvalue weighted by atomic mass is 10.1. The van der Waals surface area contributed by atoms with Crippen molar-refractivity contribution in [2.24, 2.45) is 0 Å². The molecular formula is C20H25N3O4. The first-order valence-corrected chi connectivity index (χ1v) is 9.11. The highest BCUT2D eigenvalue weighted by Crippen LogP contribution is 2.25. The van der Waals surface area contributed by atoms with E-state index in [-0.39, 0.29) is 24.1 Å². The van der Waals surface area contributed by atoms with Crippen molar-refractivity contribution >= 4 is 11.9 Å². The first-order chi connectivity index (χ1) is 12.8. The van der Waals surface area contributed by atoms with Crippen LogP contribution >= 0.6 is 0 Å². The molecule has 7 heteroatoms. The molecule has 1 aliphatic rings. The maximum Gasteiger partial charge on any atom is 0.338 e. The van der Waals surface area contributed by atoms with E-state index >= 15 is 0 Å². The van der Waals surface area contributed by atoms with Gasteiger partial charge in [0.1, 0.15) is 5.75 Å². The van der Waals surface area contributed by atoms with Gasteiger partial charge < -0.3 is 14.7 Å². The molecule has 1 N–H and O–H groups in total. The van der Waals surface area contributed by atoms with Gasteiger partial charge in [-0.3, -0.25) is 9.48 Å². The van der Waals surface area contributed by atoms with E-state index in [2.05, 4.69) is 5.10 Å². The van der Waals surface area contributed by atoms with E-state index in [4.69, 9.17) is 9.84 Å². The van der Waals surface area contributed by atoms with E-state index in [0.717, 1.165) is 29.7 Å². The quantitative estimate of drug-likeness (QED) is 0.874. The lowest BCUT2D eigenvalue weighted by Gasteiger charge is -2.32. The summed E-state index contributed by atoms with van der Waals surface area (Å²) in [6.07, 6.45) is 4.40. The number of rotatable bonds is 5. The van der Waals surface area contributed by atoms with Crippen LogP contribution in [0.5, 0.6) is 5.75 Å². The third-order valence-electron chi connectivity index (χ3n) is 4.98. The van der Waals surface area contributed by atoms with Crippen LogP contribution in [-0.2, 0) is 4.79 Å². The minimum Gasteiger partial charge on any atom is -0.483 e. The number of hydrogen-bond acceptors (Lipinski definition) is 4. The molecule has 1 saturated heterocycles. The highest BCUT2D eigenvalue weighted by Gasteiger charge is 2.25. The number of likely N-dealkylation sites (tertiary alicyclic amines) is 1. The first kappa shape index (κ1) is 18.9. The summed E-state index contributed by atoms with van der Waals surface area (Å²) >= 11 is 0. The average molecular weight is 371 g/mol. The number of carboxylic acids is 1. The van der Waals surface area contributed by atoms with Gasteiger partial charge in [0.25, 0.3) is 5.91 Å². The van der Waals surface area contributed by atoms with E-state index in [0.29, 0.717) is 13.1 Å². The van der Waals surface area contributed by atoms with Gasteiger partial charge in [-0.25, -0.2) is 4.79 Å². The highest BCUT2D eigenvalue weighted by atomic mass is 16.5. The van der Waals surface area contributed by atoms with Crippen LogP contribution in [0.4, 0.5) is 0 Å². The van der Waals surface area contributed by atoms with Crippen LogP contribution in [0.15, 0.2) is 24.5 Å². The van der Waals surface area contributed by atoms with Gasteiger partial charge in [-0.15, -0.1) is 0 Å². The topological polar surface area (TPSA) is 84.7 Å². The van der Waals surface area contributed by atoms with Crippen molar-refractivity contribution in [3.63, 3.8) is 0 Å². The number of ether oxygens (including phenoxy) is 1. The fourth-order valence-corrected chi connectivity index (χ4v) is 3.65. The Kier molecular flexibility index (Phi) is 5.48. The largest absolute Gasteiger partial charge is 0.483 e. The Morgan fingerprint density at radius 2 is 1.81 bits per heavy atom. The highest BCUT2D eigenvalue weighted by molar-refractivity contribution is 5.86. The van der Waals surface area contributed by atoms with Crippen molar-refractivity contribution in [3.05, 3.63) is 46.8 Å². The van der Waals surface area contributed by atoms with Crippen LogP contribution in [0.3, 0.4) is 0 Å². The lowest BCUT2D eigenvalue weighted by Crippen LogP contribution is -2.41. The molecular weight excluding hydrogens is 346 g/mol. The number of aromatic nitrogens is 2. The summed E-state index contributed by atoms with van der Waals surface area (Å²) in [5, 5.41) is 13.1. The zero-order valence-corrected chi connectivity index (χ0v) is 15.9. The fraction of sp³-hybridized carbons (Fsp3) is 0.450. The third kappa shape index (κ3) is 4.30. The molecule has 0 spiro atoms. The number of amides is 1. The normalized spacial score (nSPS) is 15.0. The van der Waals surface area contributed by atoms with Crippen molar-refractivity contribution in [3.8, 4) is 5.75 Å². The molecule has 2 aromatic rings. The Labute approximate surface area is 158 Å². The number of carbonyl (C=O) groups excluding carboxylic acids is 1. The predicted octanol–water partition coefficient (Wildman–Crippen LogP) is 2.75. The molecule has 0 saturated carbocycles. The fourth-order valence-electron chi connectivity index (χ4n) is 3.65. The molecule has 144 valence electrons. The second-order valence-corrected chi connectivity index (χ2v) is 7.14. The van der Waals surface area contributed by atoms with Gasteiger partial charge in [0.2, 0.25) is 0 Å². The summed E-state index contributed by atoms with van der Waals surface area (Å²) in [5.74, 6) is -0.228. The summed E-state index contributed by atoms with van der Waals surface area (Å²) in [7, 11) is 0. The monoisotopic (exact) mass is 371 g/mol. The molecule has 3 rings (SSSR count). The minimum absolute atomic E-state index is 0.0281. The number of piperidine rings is 1. The van der Waals surface area contributed by atoms with Crippen LogP contribution in [-0.4, -0.2) is 51.4 Å². The maximum atomic E-state index is 12.5. The molecule has 1 amide bonds. The maximum absolute atomic E-state index is 12.5. The van der Waals surface area contributed by atoms with Gasteiger partial charge >= 0.3 is 5.97 Å². The second-order valence-electron chi connectivity index (χ2n) is 7.14. The van der Waals surface area contributed by atoms with Gasteiger partial charge in [-0.1, -0.05) is 17.7 Å². The smallest absolute Gasteiger partial charge is 0.338 e. The van der Waals surface area contributed by atoms with E-state index in [9.17, 15) is 9.59 Å². The Hall–Kier alpha value is -2.83. The van der Waals surface area contributed by atoms with Gasteiger partial charge in [0.15, 0.2) is 6.61 Å². The van der Waals surface area contributed by atoms with Crippen molar-refractivity contribution in [1.82, 2.24) is 14.7 Å². The molecule has 1 aliphatic heterocycles. The van der Waals surface area contributed by atoms with Crippen molar-refractivity contribution in [1.29, 1.82) is 0 Å². The molecule has 0 aliphatic carbocycles. The summed E-state index contributed by atoms with van der Waals surface area (Å²) in [6, 6.07) is 4.21. The zero-order valence-electron chi connectivity index (χ0n) is 15.9. The first-order valence-electron chi connectivity index (χ1n) is 9.11. The van der Waals surface area contributed by atoms with Crippen LogP contribution < -0.4 is 4.74 Å². The van der Waals surface area contributed by atoms with E-state index in [1.807, 2.05) is 32.9 Å². The number of aryl methyl sites for hydroxylation is 3. The molecule has 0 atom stereocenters. The van der Waals surface area contributed by atoms with E-state index in [1.165, 1.54) is 11.8 Å². The number of benzene rings is 1. The number of hydrogen-bond donors (Lipinski definition) is 1. The second kappa shape index (κ2) is 7.82. The van der Waals surface area contributed by atoms with Gasteiger partial charge in [-0.2, -0.15) is 5.10 Å². The Bertz CT molecular complexity index is 828. The number of carbonyl (C=O) groups is 2. The summed E-state index contributed by atoms with van der Waals surface area (Å²) in [6.45, 7) is 7.27. The molecule has 27 heavy (non-hydrogen) atoms. The zero-order chi connectivity index (χ0) is 19.6. The SMILES string of the molecule is Cc1cc(C)c(OCC(=O)N2CCC(n3cc(C(=O)O)cn3)CC2)c(C)c1. The van der Waals surface area contributed by atoms with E-state index < -0.39 is 5.97 Å². The van der Waals surface area contributed by atoms with Crippen LogP contribution in [0, 0.1) is 20.8 Å². The molecule has 1 aromatic heterocycles. The minimum atomic E-state index is -0.979. The molecule has 2 heterocycles. The average Bonchev–Trinajstić information content (AvgIpc) is 3.11. The summed E-state index contributed by atoms with van der Waals surface area (Å²) in [4.78, 5) is 25.3. The standard InChI is InChI=1S/C20H25N3O4/c1-13-8-14(2)19(15(3)9-13)27-12-18(24)22-6-4-17(5-7-22)23-11-16(10-21-23)20(25)26/h8-11,17H,4-7,12H2,1-3H3,(H,25,26). The number of aromatic carboxylic acids is 1. The van der Waals surface area contributed by atoms with Crippen LogP contribution in [0.1, 0.15) is 45.9 Å². The van der Waals surface area contributed by atoms with Crippen LogP contribution in [0.2, 0.25) is 0 Å². The van der Waals surface area contributed by atoms with Gasteiger partial charge in [-0.05, 0) is 44.7 Å². The Morgan fingerprint density at radius 1 is 1.19 bits per heavy atom. The lowest BCUT2D eigenvalue weighted by molar-refractivity contribution is -0.134.